The molecule has 162 valence electrons. The molecule has 1 fully saturated rings. The number of pyridine rings is 1. The third-order valence-corrected chi connectivity index (χ3v) is 5.92. The van der Waals surface area contributed by atoms with E-state index in [0.29, 0.717) is 46.7 Å². The summed E-state index contributed by atoms with van der Waals surface area (Å²) in [5.74, 6) is 0.426. The van der Waals surface area contributed by atoms with Gasteiger partial charge in [0.15, 0.2) is 11.5 Å². The number of nitrogens with one attached hydrogen (secondary N) is 1. The van der Waals surface area contributed by atoms with Gasteiger partial charge in [-0.1, -0.05) is 13.8 Å². The minimum Gasteiger partial charge on any atom is -0.340 e. The van der Waals surface area contributed by atoms with Gasteiger partial charge in [0, 0.05) is 25.2 Å². The molecule has 0 radical (unpaired) electrons. The molecule has 5 heterocycles. The molecule has 0 aliphatic carbocycles. The number of carbonyl (C=O) groups is 1. The highest BCUT2D eigenvalue weighted by atomic mass is 16.2. The predicted molar refractivity (Wildman–Crippen MR) is 117 cm³/mol. The van der Waals surface area contributed by atoms with Gasteiger partial charge in [-0.3, -0.25) is 9.36 Å². The van der Waals surface area contributed by atoms with Crippen molar-refractivity contribution in [2.24, 2.45) is 5.92 Å². The number of H-pyrrole nitrogens is 1. The molecule has 5 rings (SSSR count). The molecule has 1 aliphatic heterocycles. The number of fused-ring (bicyclic) bond motifs is 2. The summed E-state index contributed by atoms with van der Waals surface area (Å²) < 4.78 is 3.30. The van der Waals surface area contributed by atoms with Crippen molar-refractivity contribution >= 4 is 22.6 Å². The van der Waals surface area contributed by atoms with Crippen LogP contribution in [0.1, 0.15) is 38.3 Å². The summed E-state index contributed by atoms with van der Waals surface area (Å²) in [6.07, 6.45) is 6.56. The second-order valence-corrected chi connectivity index (χ2v) is 8.38. The lowest BCUT2D eigenvalue weighted by atomic mass is 10.0. The highest BCUT2D eigenvalue weighted by Crippen LogP contribution is 2.27. The molecule has 0 spiro atoms. The van der Waals surface area contributed by atoms with E-state index in [4.69, 9.17) is 4.98 Å². The lowest BCUT2D eigenvalue weighted by Crippen LogP contribution is -2.44. The zero-order valence-corrected chi connectivity index (χ0v) is 17.8. The van der Waals surface area contributed by atoms with Crippen molar-refractivity contribution in [1.29, 1.82) is 5.26 Å². The third kappa shape index (κ3) is 3.22. The fourth-order valence-corrected chi connectivity index (χ4v) is 4.34. The number of aromatic amines is 1. The largest absolute Gasteiger partial charge is 0.340 e. The number of hydrogen-bond donors (Lipinski definition) is 1. The van der Waals surface area contributed by atoms with E-state index >= 15 is 0 Å². The van der Waals surface area contributed by atoms with E-state index in [0.717, 1.165) is 12.8 Å². The standard InChI is InChI=1S/C22H22N8O2/c1-13(2)21(31)28-6-3-4-15(12-28)30-20-17(26-22(30)32)11-24-19(27-20)16-10-25-29-7-5-14(9-23)8-18(16)29/h5,7-8,10-11,13,15H,3-4,6,12H2,1-2H3,(H,26,32). The van der Waals surface area contributed by atoms with Gasteiger partial charge in [-0.25, -0.2) is 19.3 Å². The summed E-state index contributed by atoms with van der Waals surface area (Å²) in [5, 5.41) is 13.6. The number of nitriles is 1. The van der Waals surface area contributed by atoms with Crippen LogP contribution in [-0.4, -0.2) is 53.0 Å². The summed E-state index contributed by atoms with van der Waals surface area (Å²) in [7, 11) is 0. The van der Waals surface area contributed by atoms with Gasteiger partial charge in [0.1, 0.15) is 5.52 Å². The smallest absolute Gasteiger partial charge is 0.328 e. The first-order valence-electron chi connectivity index (χ1n) is 10.6. The Labute approximate surface area is 183 Å². The van der Waals surface area contributed by atoms with Gasteiger partial charge < -0.3 is 9.88 Å². The van der Waals surface area contributed by atoms with Crippen LogP contribution in [0.3, 0.4) is 0 Å². The lowest BCUT2D eigenvalue weighted by Gasteiger charge is -2.34. The van der Waals surface area contributed by atoms with Gasteiger partial charge in [0.05, 0.1) is 41.1 Å². The summed E-state index contributed by atoms with van der Waals surface area (Å²) in [5.41, 5.74) is 2.67. The van der Waals surface area contributed by atoms with Crippen LogP contribution in [0, 0.1) is 17.2 Å². The van der Waals surface area contributed by atoms with Gasteiger partial charge in [-0.15, -0.1) is 0 Å². The minimum absolute atomic E-state index is 0.0868. The molecule has 0 saturated carbocycles. The summed E-state index contributed by atoms with van der Waals surface area (Å²) in [6, 6.07) is 5.38. The van der Waals surface area contributed by atoms with Crippen molar-refractivity contribution in [1.82, 2.24) is 34.0 Å². The number of piperidine rings is 1. The van der Waals surface area contributed by atoms with Crippen LogP contribution in [0.25, 0.3) is 28.1 Å². The van der Waals surface area contributed by atoms with Crippen LogP contribution in [-0.2, 0) is 4.79 Å². The minimum atomic E-state index is -0.262. The lowest BCUT2D eigenvalue weighted by molar-refractivity contribution is -0.136. The molecular formula is C22H22N8O2. The molecule has 1 unspecified atom stereocenters. The van der Waals surface area contributed by atoms with Crippen LogP contribution in [0.2, 0.25) is 0 Å². The molecule has 1 aliphatic rings. The zero-order valence-electron chi connectivity index (χ0n) is 17.8. The Morgan fingerprint density at radius 2 is 2.19 bits per heavy atom. The van der Waals surface area contributed by atoms with E-state index in [9.17, 15) is 14.9 Å². The summed E-state index contributed by atoms with van der Waals surface area (Å²) >= 11 is 0. The normalized spacial score (nSPS) is 16.7. The van der Waals surface area contributed by atoms with Gasteiger partial charge in [-0.2, -0.15) is 10.4 Å². The Morgan fingerprint density at radius 3 is 2.97 bits per heavy atom. The van der Waals surface area contributed by atoms with Crippen molar-refractivity contribution in [3.05, 3.63) is 46.8 Å². The molecule has 0 aromatic carbocycles. The highest BCUT2D eigenvalue weighted by molar-refractivity contribution is 5.80. The second-order valence-electron chi connectivity index (χ2n) is 8.38. The van der Waals surface area contributed by atoms with Crippen LogP contribution in [0.4, 0.5) is 0 Å². The van der Waals surface area contributed by atoms with E-state index < -0.39 is 0 Å². The fourth-order valence-electron chi connectivity index (χ4n) is 4.34. The third-order valence-electron chi connectivity index (χ3n) is 5.92. The van der Waals surface area contributed by atoms with Crippen LogP contribution < -0.4 is 5.69 Å². The van der Waals surface area contributed by atoms with Crippen LogP contribution in [0.15, 0.2) is 35.5 Å². The summed E-state index contributed by atoms with van der Waals surface area (Å²) in [4.78, 5) is 39.1. The molecule has 1 atom stereocenters. The Hall–Kier alpha value is -4.00. The molecule has 0 bridgehead atoms. The van der Waals surface area contributed by atoms with E-state index in [-0.39, 0.29) is 23.6 Å². The Bertz CT molecular complexity index is 1440. The average Bonchev–Trinajstić information content (AvgIpc) is 3.37. The first kappa shape index (κ1) is 19.9. The van der Waals surface area contributed by atoms with Crippen molar-refractivity contribution in [2.75, 3.05) is 13.1 Å². The van der Waals surface area contributed by atoms with Gasteiger partial charge in [0.2, 0.25) is 5.91 Å². The summed E-state index contributed by atoms with van der Waals surface area (Å²) in [6.45, 7) is 4.95. The van der Waals surface area contributed by atoms with E-state index in [1.165, 1.54) is 0 Å². The SMILES string of the molecule is CC(C)C(=O)N1CCCC(n2c(=O)[nH]c3cnc(-c4cnn5ccc(C#N)cc45)nc32)C1. The topological polar surface area (TPSA) is 125 Å². The number of carbonyl (C=O) groups excluding carboxylic acids is 1. The highest BCUT2D eigenvalue weighted by Gasteiger charge is 2.28. The van der Waals surface area contributed by atoms with Crippen LogP contribution in [0.5, 0.6) is 0 Å². The van der Waals surface area contributed by atoms with Crippen molar-refractivity contribution < 1.29 is 4.79 Å². The zero-order chi connectivity index (χ0) is 22.4. The second kappa shape index (κ2) is 7.60. The first-order valence-corrected chi connectivity index (χ1v) is 10.6. The van der Waals surface area contributed by atoms with Crippen molar-refractivity contribution in [3.8, 4) is 17.5 Å². The monoisotopic (exact) mass is 430 g/mol. The molecular weight excluding hydrogens is 408 g/mol. The number of hydrogen-bond acceptors (Lipinski definition) is 6. The molecule has 1 saturated heterocycles. The maximum Gasteiger partial charge on any atom is 0.328 e. The number of nitrogens with zero attached hydrogens (tertiary/aromatic N) is 7. The molecule has 10 nitrogen and oxygen atoms in total. The first-order chi connectivity index (χ1) is 15.5. The molecule has 32 heavy (non-hydrogen) atoms. The quantitative estimate of drug-likeness (QED) is 0.531. The van der Waals surface area contributed by atoms with E-state index in [1.807, 2.05) is 18.7 Å². The number of amides is 1. The van der Waals surface area contributed by atoms with Gasteiger partial charge in [-0.05, 0) is 25.0 Å². The Kier molecular flexibility index (Phi) is 4.74. The van der Waals surface area contributed by atoms with Crippen molar-refractivity contribution in [2.45, 2.75) is 32.7 Å². The van der Waals surface area contributed by atoms with Crippen LogP contribution >= 0.6 is 0 Å². The number of aromatic nitrogens is 6. The maximum absolute atomic E-state index is 12.8. The maximum atomic E-state index is 12.8. The number of rotatable bonds is 3. The fraction of sp³-hybridized carbons (Fsp3) is 0.364. The number of likely N-dealkylation sites (tertiary alicyclic amines) is 1. The predicted octanol–water partition coefficient (Wildman–Crippen LogP) is 2.13. The number of imidazole rings is 1. The molecule has 4 aromatic heterocycles. The molecule has 10 heteroatoms. The Morgan fingerprint density at radius 1 is 1.34 bits per heavy atom. The van der Waals surface area contributed by atoms with Gasteiger partial charge >= 0.3 is 5.69 Å². The van der Waals surface area contributed by atoms with E-state index in [1.54, 1.807) is 39.8 Å². The molecule has 1 amide bonds. The average molecular weight is 430 g/mol. The van der Waals surface area contributed by atoms with E-state index in [2.05, 4.69) is 21.1 Å². The Balaban J connectivity index is 1.59. The van der Waals surface area contributed by atoms with Crippen molar-refractivity contribution in [3.63, 3.8) is 0 Å². The van der Waals surface area contributed by atoms with Gasteiger partial charge in [0.25, 0.3) is 0 Å². The molecule has 1 N–H and O–H groups in total. The molecule has 4 aromatic rings.